The molecule has 2 aliphatic heterocycles. The van der Waals surface area contributed by atoms with E-state index < -0.39 is 5.97 Å². The highest BCUT2D eigenvalue weighted by Gasteiger charge is 2.66. The number of ether oxygens (including phenoxy) is 2. The van der Waals surface area contributed by atoms with E-state index in [1.807, 2.05) is 7.05 Å². The van der Waals surface area contributed by atoms with Crippen molar-refractivity contribution in [3.05, 3.63) is 47.4 Å². The molecule has 5 atom stereocenters. The first kappa shape index (κ1) is 22.2. The van der Waals surface area contributed by atoms with Crippen molar-refractivity contribution in [2.75, 3.05) is 20.6 Å². The second-order valence-electron chi connectivity index (χ2n) is 10.3. The molecule has 4 aliphatic rings. The number of carbonyl (C=O) groups is 2. The van der Waals surface area contributed by atoms with Crippen LogP contribution in [0, 0.1) is 5.92 Å². The van der Waals surface area contributed by atoms with E-state index in [1.54, 1.807) is 35.6 Å². The third-order valence-corrected chi connectivity index (χ3v) is 8.71. The molecule has 1 saturated heterocycles. The molecule has 0 radical (unpaired) electrons. The smallest absolute Gasteiger partial charge is 0.308 e. The van der Waals surface area contributed by atoms with Gasteiger partial charge in [-0.1, -0.05) is 0 Å². The highest BCUT2D eigenvalue weighted by molar-refractivity contribution is 5.92. The van der Waals surface area contributed by atoms with Crippen LogP contribution in [0.2, 0.25) is 0 Å². The molecule has 1 spiro atoms. The van der Waals surface area contributed by atoms with Crippen LogP contribution in [0.5, 0.6) is 17.2 Å². The summed E-state index contributed by atoms with van der Waals surface area (Å²) in [5.41, 5.74) is 2.45. The number of furan rings is 1. The van der Waals surface area contributed by atoms with Crippen LogP contribution in [0.3, 0.4) is 0 Å². The Morgan fingerprint density at radius 1 is 1.34 bits per heavy atom. The number of likely N-dealkylation sites (N-methyl/N-ethyl adjacent to an activating group) is 2. The summed E-state index contributed by atoms with van der Waals surface area (Å²) in [6.45, 7) is 2.28. The molecule has 6 rings (SSSR count). The standard InChI is InChI=1S/C27H30N2O6/c1-15(30)34-22-13-21(31)25-24-17(22)12-20-18-5-6-19(26(35-25)27(18,24)9-10-28(20)2)29(3)23(32)7-4-16-8-11-33-14-16/h4,7-8,11,13-14,18-20,26,31H,5-6,9-10,12H2,1-3H3/b7-4+/t18-,19+,20+,26-,27-/m0/s1. The topological polar surface area (TPSA) is 92.5 Å². The van der Waals surface area contributed by atoms with Crippen LogP contribution < -0.4 is 9.47 Å². The Bertz CT molecular complexity index is 1220. The van der Waals surface area contributed by atoms with Crippen LogP contribution in [-0.2, 0) is 21.4 Å². The Balaban J connectivity index is 1.42. The van der Waals surface area contributed by atoms with Crippen LogP contribution in [0.15, 0.2) is 35.2 Å². The average Bonchev–Trinajstić information content (AvgIpc) is 3.46. The zero-order valence-electron chi connectivity index (χ0n) is 20.2. The van der Waals surface area contributed by atoms with Crippen LogP contribution in [0.25, 0.3) is 6.08 Å². The number of amides is 1. The summed E-state index contributed by atoms with van der Waals surface area (Å²) in [6, 6.07) is 3.45. The number of piperidine rings is 1. The molecule has 1 saturated carbocycles. The van der Waals surface area contributed by atoms with Gasteiger partial charge in [0.05, 0.1) is 18.6 Å². The molecule has 1 N–H and O–H groups in total. The second-order valence-corrected chi connectivity index (χ2v) is 10.3. The predicted octanol–water partition coefficient (Wildman–Crippen LogP) is 3.12. The fourth-order valence-electron chi connectivity index (χ4n) is 7.22. The minimum absolute atomic E-state index is 0.00696. The molecular formula is C27H30N2O6. The number of phenols is 1. The van der Waals surface area contributed by atoms with Crippen molar-refractivity contribution in [1.29, 1.82) is 0 Å². The summed E-state index contributed by atoms with van der Waals surface area (Å²) in [4.78, 5) is 29.2. The Morgan fingerprint density at radius 2 is 2.17 bits per heavy atom. The lowest BCUT2D eigenvalue weighted by Gasteiger charge is -2.59. The number of hydrogen-bond acceptors (Lipinski definition) is 7. The number of hydrogen-bond donors (Lipinski definition) is 1. The summed E-state index contributed by atoms with van der Waals surface area (Å²) in [5, 5.41) is 10.9. The van der Waals surface area contributed by atoms with Gasteiger partial charge in [0.15, 0.2) is 11.5 Å². The summed E-state index contributed by atoms with van der Waals surface area (Å²) in [5.74, 6) is 0.739. The number of likely N-dealkylation sites (tertiary alicyclic amines) is 1. The van der Waals surface area contributed by atoms with Gasteiger partial charge in [0, 0.05) is 54.3 Å². The molecule has 1 aromatic carbocycles. The highest BCUT2D eigenvalue weighted by Crippen LogP contribution is 2.65. The lowest BCUT2D eigenvalue weighted by molar-refractivity contribution is -0.135. The fraction of sp³-hybridized carbons (Fsp3) is 0.481. The first-order valence-electron chi connectivity index (χ1n) is 12.2. The quantitative estimate of drug-likeness (QED) is 0.410. The number of rotatable bonds is 4. The zero-order valence-corrected chi connectivity index (χ0v) is 20.2. The maximum absolute atomic E-state index is 13.2. The number of phenolic OH excluding ortho intramolecular Hbond substituents is 1. The SMILES string of the molecule is CC(=O)Oc1cc(O)c2c3c1C[C@@H]1[C@@H]4CC[C@@H](N(C)C(=O)/C=C/c5ccoc5)[C@H](O2)[C@]34CCN1C. The largest absolute Gasteiger partial charge is 0.504 e. The molecule has 1 amide bonds. The molecule has 8 nitrogen and oxygen atoms in total. The summed E-state index contributed by atoms with van der Waals surface area (Å²) in [6.07, 6.45) is 9.60. The van der Waals surface area contributed by atoms with Crippen LogP contribution in [-0.4, -0.2) is 65.6 Å². The van der Waals surface area contributed by atoms with E-state index in [2.05, 4.69) is 11.9 Å². The number of nitrogens with zero attached hydrogens (tertiary/aromatic N) is 2. The summed E-state index contributed by atoms with van der Waals surface area (Å²) < 4.78 is 17.3. The molecular weight excluding hydrogens is 448 g/mol. The number of esters is 1. The lowest BCUT2D eigenvalue weighted by Crippen LogP contribution is -2.68. The van der Waals surface area contributed by atoms with Gasteiger partial charge in [0.25, 0.3) is 0 Å². The van der Waals surface area contributed by atoms with Crippen molar-refractivity contribution >= 4 is 18.0 Å². The first-order valence-corrected chi connectivity index (χ1v) is 12.2. The molecule has 2 aliphatic carbocycles. The van der Waals surface area contributed by atoms with Crippen LogP contribution in [0.4, 0.5) is 0 Å². The predicted molar refractivity (Wildman–Crippen MR) is 127 cm³/mol. The molecule has 2 bridgehead atoms. The maximum atomic E-state index is 13.2. The van der Waals surface area contributed by atoms with Gasteiger partial charge in [0.2, 0.25) is 5.91 Å². The molecule has 0 unspecified atom stereocenters. The van der Waals surface area contributed by atoms with E-state index in [-0.39, 0.29) is 35.3 Å². The molecule has 184 valence electrons. The van der Waals surface area contributed by atoms with Gasteiger partial charge in [-0.2, -0.15) is 0 Å². The normalized spacial score (nSPS) is 30.6. The van der Waals surface area contributed by atoms with E-state index >= 15 is 0 Å². The van der Waals surface area contributed by atoms with Crippen molar-refractivity contribution in [1.82, 2.24) is 9.80 Å². The third kappa shape index (κ3) is 3.15. The summed E-state index contributed by atoms with van der Waals surface area (Å²) in [7, 11) is 3.99. The lowest BCUT2D eigenvalue weighted by atomic mass is 9.51. The summed E-state index contributed by atoms with van der Waals surface area (Å²) >= 11 is 0. The molecule has 2 aromatic rings. The van der Waals surface area contributed by atoms with Gasteiger partial charge in [0.1, 0.15) is 11.9 Å². The Morgan fingerprint density at radius 3 is 2.91 bits per heavy atom. The van der Waals surface area contributed by atoms with E-state index in [9.17, 15) is 14.7 Å². The van der Waals surface area contributed by atoms with E-state index in [0.717, 1.165) is 48.9 Å². The molecule has 2 fully saturated rings. The Kier molecular flexibility index (Phi) is 5.00. The van der Waals surface area contributed by atoms with Gasteiger partial charge in [-0.05, 0) is 57.3 Å². The number of aromatic hydroxyl groups is 1. The zero-order chi connectivity index (χ0) is 24.5. The Hall–Kier alpha value is -3.26. The van der Waals surface area contributed by atoms with E-state index in [0.29, 0.717) is 17.4 Å². The highest BCUT2D eigenvalue weighted by atomic mass is 16.5. The molecule has 35 heavy (non-hydrogen) atoms. The minimum atomic E-state index is -0.412. The van der Waals surface area contributed by atoms with Gasteiger partial charge in [-0.3, -0.25) is 9.59 Å². The Labute approximate surface area is 204 Å². The van der Waals surface area contributed by atoms with Crippen LogP contribution >= 0.6 is 0 Å². The minimum Gasteiger partial charge on any atom is -0.504 e. The van der Waals surface area contributed by atoms with Crippen molar-refractivity contribution in [2.45, 2.75) is 56.2 Å². The maximum Gasteiger partial charge on any atom is 0.308 e. The fourth-order valence-corrected chi connectivity index (χ4v) is 7.22. The number of benzene rings is 1. The number of carbonyl (C=O) groups excluding carboxylic acids is 2. The van der Waals surface area contributed by atoms with Gasteiger partial charge >= 0.3 is 5.97 Å². The van der Waals surface area contributed by atoms with Crippen LogP contribution in [0.1, 0.15) is 42.9 Å². The van der Waals surface area contributed by atoms with Gasteiger partial charge in [-0.15, -0.1) is 0 Å². The van der Waals surface area contributed by atoms with Crippen molar-refractivity contribution in [2.24, 2.45) is 5.92 Å². The van der Waals surface area contributed by atoms with E-state index in [4.69, 9.17) is 13.9 Å². The van der Waals surface area contributed by atoms with Crippen molar-refractivity contribution in [3.63, 3.8) is 0 Å². The van der Waals surface area contributed by atoms with Gasteiger partial charge in [-0.25, -0.2) is 0 Å². The second kappa shape index (κ2) is 7.88. The molecule has 1 aromatic heterocycles. The van der Waals surface area contributed by atoms with E-state index in [1.165, 1.54) is 13.0 Å². The molecule has 3 heterocycles. The molecule has 8 heteroatoms. The average molecular weight is 479 g/mol. The van der Waals surface area contributed by atoms with Crippen molar-refractivity contribution < 1.29 is 28.6 Å². The monoisotopic (exact) mass is 478 g/mol. The first-order chi connectivity index (χ1) is 16.8. The third-order valence-electron chi connectivity index (χ3n) is 8.71. The van der Waals surface area contributed by atoms with Crippen molar-refractivity contribution in [3.8, 4) is 17.2 Å². The van der Waals surface area contributed by atoms with Gasteiger partial charge < -0.3 is 28.8 Å².